The van der Waals surface area contributed by atoms with E-state index in [1.165, 1.54) is 24.2 Å². The molecule has 0 aliphatic carbocycles. The van der Waals surface area contributed by atoms with Crippen molar-refractivity contribution in [2.24, 2.45) is 0 Å². The number of likely N-dealkylation sites (N-methyl/N-ethyl adjacent to an activating group) is 1. The van der Waals surface area contributed by atoms with Gasteiger partial charge in [-0.25, -0.2) is 0 Å². The van der Waals surface area contributed by atoms with Gasteiger partial charge in [0.2, 0.25) is 5.91 Å². The van der Waals surface area contributed by atoms with Crippen molar-refractivity contribution in [1.29, 1.82) is 0 Å². The second-order valence-corrected chi connectivity index (χ2v) is 4.25. The van der Waals surface area contributed by atoms with Gasteiger partial charge in [-0.3, -0.25) is 14.4 Å². The van der Waals surface area contributed by atoms with Crippen LogP contribution in [0.1, 0.15) is 10.4 Å². The van der Waals surface area contributed by atoms with Crippen molar-refractivity contribution in [3.63, 3.8) is 0 Å². The number of piperazine rings is 1. The fourth-order valence-corrected chi connectivity index (χ4v) is 2.09. The summed E-state index contributed by atoms with van der Waals surface area (Å²) >= 11 is 0. The number of carbonyl (C=O) groups excluding carboxylic acids is 2. The predicted octanol–water partition coefficient (Wildman–Crippen LogP) is -1.47. The maximum atomic E-state index is 12.3. The molecule has 0 bridgehead atoms. The molecule has 1 aliphatic heterocycles. The first-order valence-electron chi connectivity index (χ1n) is 6.06. The smallest absolute Gasteiger partial charge is 0.260 e. The molecule has 2 heterocycles. The molecule has 0 aromatic carbocycles. The second kappa shape index (κ2) is 5.66. The summed E-state index contributed by atoms with van der Waals surface area (Å²) in [5.41, 5.74) is -0.389. The van der Waals surface area contributed by atoms with Crippen LogP contribution >= 0.6 is 0 Å². The number of aromatic nitrogens is 1. The van der Waals surface area contributed by atoms with Crippen LogP contribution in [-0.4, -0.2) is 54.4 Å². The Labute approximate surface area is 110 Å². The van der Waals surface area contributed by atoms with Crippen molar-refractivity contribution in [1.82, 2.24) is 20.5 Å². The van der Waals surface area contributed by atoms with Gasteiger partial charge in [0.25, 0.3) is 11.5 Å². The maximum absolute atomic E-state index is 12.3. The largest absolute Gasteiger partial charge is 0.357 e. The summed E-state index contributed by atoms with van der Waals surface area (Å²) in [5, 5.41) is 5.59. The summed E-state index contributed by atoms with van der Waals surface area (Å²) in [5.74, 6) is -0.662. The molecule has 0 spiro atoms. The average Bonchev–Trinajstić information content (AvgIpc) is 2.46. The molecule has 19 heavy (non-hydrogen) atoms. The molecule has 3 N–H and O–H groups in total. The van der Waals surface area contributed by atoms with Gasteiger partial charge in [-0.15, -0.1) is 0 Å². The molecule has 1 fully saturated rings. The van der Waals surface area contributed by atoms with Crippen molar-refractivity contribution in [3.05, 3.63) is 34.2 Å². The van der Waals surface area contributed by atoms with Crippen molar-refractivity contribution >= 4 is 11.8 Å². The molecule has 1 saturated heterocycles. The van der Waals surface area contributed by atoms with E-state index in [1.54, 1.807) is 6.07 Å². The Bertz CT molecular complexity index is 540. The van der Waals surface area contributed by atoms with Gasteiger partial charge in [-0.05, 0) is 12.1 Å². The van der Waals surface area contributed by atoms with Crippen LogP contribution in [0, 0.1) is 0 Å². The van der Waals surface area contributed by atoms with Crippen molar-refractivity contribution in [2.45, 2.75) is 6.04 Å². The highest BCUT2D eigenvalue weighted by molar-refractivity contribution is 5.97. The number of H-pyrrole nitrogens is 1. The molecule has 1 atom stereocenters. The Balaban J connectivity index is 2.28. The van der Waals surface area contributed by atoms with E-state index in [0.717, 1.165) is 0 Å². The van der Waals surface area contributed by atoms with Crippen LogP contribution in [0.3, 0.4) is 0 Å². The third-order valence-electron chi connectivity index (χ3n) is 3.10. The Kier molecular flexibility index (Phi) is 3.96. The maximum Gasteiger partial charge on any atom is 0.260 e. The zero-order valence-electron chi connectivity index (χ0n) is 10.6. The van der Waals surface area contributed by atoms with Gasteiger partial charge in [-0.2, -0.15) is 0 Å². The Morgan fingerprint density at radius 3 is 2.95 bits per heavy atom. The molecular weight excluding hydrogens is 248 g/mol. The van der Waals surface area contributed by atoms with Crippen LogP contribution in [0.25, 0.3) is 0 Å². The Hall–Kier alpha value is -2.15. The lowest BCUT2D eigenvalue weighted by Gasteiger charge is -2.34. The van der Waals surface area contributed by atoms with E-state index in [0.29, 0.717) is 19.6 Å². The number of rotatable bonds is 2. The first-order chi connectivity index (χ1) is 9.15. The molecule has 7 heteroatoms. The van der Waals surface area contributed by atoms with E-state index in [4.69, 9.17) is 0 Å². The van der Waals surface area contributed by atoms with E-state index >= 15 is 0 Å². The van der Waals surface area contributed by atoms with E-state index in [1.807, 2.05) is 0 Å². The monoisotopic (exact) mass is 264 g/mol. The standard InChI is InChI=1S/C12H16N4O3/c1-13-11(18)9-7-14-5-6-16(9)12(19)8-3-2-4-15-10(8)17/h2-4,9,14H,5-7H2,1H3,(H,13,18)(H,15,17). The normalized spacial score (nSPS) is 19.0. The number of hydrogen-bond donors (Lipinski definition) is 3. The van der Waals surface area contributed by atoms with Crippen LogP contribution in [0.4, 0.5) is 0 Å². The zero-order chi connectivity index (χ0) is 13.8. The Morgan fingerprint density at radius 1 is 1.47 bits per heavy atom. The zero-order valence-corrected chi connectivity index (χ0v) is 10.6. The van der Waals surface area contributed by atoms with Gasteiger partial charge >= 0.3 is 0 Å². The highest BCUT2D eigenvalue weighted by Crippen LogP contribution is 2.08. The summed E-state index contributed by atoms with van der Waals surface area (Å²) in [6.07, 6.45) is 1.47. The van der Waals surface area contributed by atoms with E-state index in [2.05, 4.69) is 15.6 Å². The van der Waals surface area contributed by atoms with Gasteiger partial charge in [-0.1, -0.05) is 0 Å². The fraction of sp³-hybridized carbons (Fsp3) is 0.417. The molecule has 1 aromatic heterocycles. The van der Waals surface area contributed by atoms with Gasteiger partial charge in [0.1, 0.15) is 11.6 Å². The lowest BCUT2D eigenvalue weighted by Crippen LogP contribution is -2.59. The quantitative estimate of drug-likeness (QED) is 0.608. The fourth-order valence-electron chi connectivity index (χ4n) is 2.09. The number of amides is 2. The van der Waals surface area contributed by atoms with E-state index in [-0.39, 0.29) is 11.5 Å². The molecular formula is C12H16N4O3. The minimum atomic E-state index is -0.592. The van der Waals surface area contributed by atoms with Crippen LogP contribution in [0.5, 0.6) is 0 Å². The molecule has 102 valence electrons. The average molecular weight is 264 g/mol. The molecule has 1 aliphatic rings. The summed E-state index contributed by atoms with van der Waals surface area (Å²) in [4.78, 5) is 39.6. The van der Waals surface area contributed by atoms with Crippen molar-refractivity contribution in [3.8, 4) is 0 Å². The lowest BCUT2D eigenvalue weighted by molar-refractivity contribution is -0.125. The van der Waals surface area contributed by atoms with Crippen LogP contribution in [0.15, 0.2) is 23.1 Å². The second-order valence-electron chi connectivity index (χ2n) is 4.25. The summed E-state index contributed by atoms with van der Waals surface area (Å²) < 4.78 is 0. The summed E-state index contributed by atoms with van der Waals surface area (Å²) in [7, 11) is 1.52. The molecule has 7 nitrogen and oxygen atoms in total. The van der Waals surface area contributed by atoms with Gasteiger partial charge in [0.15, 0.2) is 0 Å². The molecule has 2 rings (SSSR count). The summed E-state index contributed by atoms with van der Waals surface area (Å²) in [6.45, 7) is 1.38. The third kappa shape index (κ3) is 2.65. The summed E-state index contributed by atoms with van der Waals surface area (Å²) in [6, 6.07) is 2.46. The molecule has 2 amide bonds. The molecule has 1 aromatic rings. The van der Waals surface area contributed by atoms with Crippen molar-refractivity contribution in [2.75, 3.05) is 26.7 Å². The first-order valence-corrected chi connectivity index (χ1v) is 6.06. The topological polar surface area (TPSA) is 94.3 Å². The van der Waals surface area contributed by atoms with Crippen LogP contribution < -0.4 is 16.2 Å². The SMILES string of the molecule is CNC(=O)C1CNCCN1C(=O)c1ccc[nH]c1=O. The van der Waals surface area contributed by atoms with Gasteiger partial charge in [0, 0.05) is 32.9 Å². The van der Waals surface area contributed by atoms with Crippen LogP contribution in [-0.2, 0) is 4.79 Å². The van der Waals surface area contributed by atoms with Crippen LogP contribution in [0.2, 0.25) is 0 Å². The lowest BCUT2D eigenvalue weighted by atomic mass is 10.1. The van der Waals surface area contributed by atoms with Crippen molar-refractivity contribution < 1.29 is 9.59 Å². The van der Waals surface area contributed by atoms with Gasteiger partial charge in [0.05, 0.1) is 0 Å². The third-order valence-corrected chi connectivity index (χ3v) is 3.10. The molecule has 1 unspecified atom stereocenters. The minimum absolute atomic E-state index is 0.0540. The number of carbonyl (C=O) groups is 2. The number of aromatic amines is 1. The molecule has 0 radical (unpaired) electrons. The number of nitrogens with one attached hydrogen (secondary N) is 3. The highest BCUT2D eigenvalue weighted by Gasteiger charge is 2.32. The van der Waals surface area contributed by atoms with E-state index in [9.17, 15) is 14.4 Å². The minimum Gasteiger partial charge on any atom is -0.357 e. The molecule has 0 saturated carbocycles. The van der Waals surface area contributed by atoms with E-state index < -0.39 is 17.5 Å². The Morgan fingerprint density at radius 2 is 2.26 bits per heavy atom. The number of pyridine rings is 1. The number of hydrogen-bond acceptors (Lipinski definition) is 4. The predicted molar refractivity (Wildman–Crippen MR) is 68.8 cm³/mol. The highest BCUT2D eigenvalue weighted by atomic mass is 16.2. The first kappa shape index (κ1) is 13.3. The number of nitrogens with zero attached hydrogens (tertiary/aromatic N) is 1. The van der Waals surface area contributed by atoms with Gasteiger partial charge < -0.3 is 20.5 Å².